The van der Waals surface area contributed by atoms with E-state index < -0.39 is 23.7 Å². The molecule has 1 fully saturated rings. The van der Waals surface area contributed by atoms with Gasteiger partial charge in [-0.2, -0.15) is 8.78 Å². The molecule has 1 heterocycles. The Morgan fingerprint density at radius 3 is 2.64 bits per heavy atom. The summed E-state index contributed by atoms with van der Waals surface area (Å²) in [4.78, 5) is 14.4. The molecule has 3 nitrogen and oxygen atoms in total. The van der Waals surface area contributed by atoms with Crippen LogP contribution in [0.1, 0.15) is 44.1 Å². The van der Waals surface area contributed by atoms with Gasteiger partial charge in [-0.1, -0.05) is 25.7 Å². The second-order valence-electron chi connectivity index (χ2n) is 6.53. The van der Waals surface area contributed by atoms with Crippen molar-refractivity contribution in [3.63, 3.8) is 0 Å². The Hall–Kier alpha value is -2.05. The van der Waals surface area contributed by atoms with Crippen molar-refractivity contribution in [3.8, 4) is 5.75 Å². The molecule has 0 saturated heterocycles. The standard InChI is InChI=1S/C18H19F4NO2/c19-17(20)25-13-7-6-12-9-14(16(24)23-15(12)10-13)18(21,22)8-2-1-3-11-4-5-11/h6-7,9-11,17H,1-5,8H2,(H,23,24). The van der Waals surface area contributed by atoms with Gasteiger partial charge in [0.15, 0.2) is 0 Å². The molecule has 0 radical (unpaired) electrons. The first-order valence-electron chi connectivity index (χ1n) is 8.35. The molecule has 0 spiro atoms. The molecule has 1 aromatic heterocycles. The molecule has 0 unspecified atom stereocenters. The van der Waals surface area contributed by atoms with Crippen LogP contribution in [0.25, 0.3) is 10.9 Å². The summed E-state index contributed by atoms with van der Waals surface area (Å²) in [7, 11) is 0. The minimum Gasteiger partial charge on any atom is -0.435 e. The van der Waals surface area contributed by atoms with Gasteiger partial charge in [-0.3, -0.25) is 4.79 Å². The molecule has 2 aromatic rings. The zero-order valence-corrected chi connectivity index (χ0v) is 13.5. The van der Waals surface area contributed by atoms with Gasteiger partial charge >= 0.3 is 6.61 Å². The predicted molar refractivity (Wildman–Crippen MR) is 86.3 cm³/mol. The van der Waals surface area contributed by atoms with E-state index in [1.165, 1.54) is 31.0 Å². The normalized spacial score (nSPS) is 15.1. The highest BCUT2D eigenvalue weighted by Gasteiger charge is 2.34. The van der Waals surface area contributed by atoms with Crippen molar-refractivity contribution in [1.82, 2.24) is 4.98 Å². The maximum atomic E-state index is 14.4. The van der Waals surface area contributed by atoms with Gasteiger partial charge in [0.2, 0.25) is 0 Å². The van der Waals surface area contributed by atoms with Gasteiger partial charge < -0.3 is 9.72 Å². The molecular formula is C18H19F4NO2. The molecule has 136 valence electrons. The smallest absolute Gasteiger partial charge is 0.387 e. The molecule has 0 aliphatic heterocycles. The fraction of sp³-hybridized carbons (Fsp3) is 0.500. The number of ether oxygens (including phenoxy) is 1. The third-order valence-corrected chi connectivity index (χ3v) is 4.49. The molecule has 1 N–H and O–H groups in total. The van der Waals surface area contributed by atoms with Gasteiger partial charge in [-0.05, 0) is 35.9 Å². The number of hydrogen-bond donors (Lipinski definition) is 1. The average Bonchev–Trinajstić information content (AvgIpc) is 3.34. The van der Waals surface area contributed by atoms with Crippen LogP contribution < -0.4 is 10.3 Å². The lowest BCUT2D eigenvalue weighted by Gasteiger charge is -2.16. The van der Waals surface area contributed by atoms with Gasteiger partial charge in [0, 0.05) is 12.5 Å². The number of alkyl halides is 4. The zero-order valence-electron chi connectivity index (χ0n) is 13.5. The summed E-state index contributed by atoms with van der Waals surface area (Å²) in [5, 5.41) is 0.342. The van der Waals surface area contributed by atoms with Gasteiger partial charge in [-0.25, -0.2) is 8.78 Å². The minimum absolute atomic E-state index is 0.141. The Labute approximate surface area is 142 Å². The van der Waals surface area contributed by atoms with Crippen LogP contribution in [0.15, 0.2) is 29.1 Å². The van der Waals surface area contributed by atoms with E-state index in [2.05, 4.69) is 9.72 Å². The van der Waals surface area contributed by atoms with Crippen LogP contribution in [0.2, 0.25) is 0 Å². The SMILES string of the molecule is O=c1[nH]c2cc(OC(F)F)ccc2cc1C(F)(F)CCCCC1CC1. The van der Waals surface area contributed by atoms with Crippen molar-refractivity contribution >= 4 is 10.9 Å². The van der Waals surface area contributed by atoms with Gasteiger partial charge in [-0.15, -0.1) is 0 Å². The number of halogens is 4. The van der Waals surface area contributed by atoms with E-state index in [-0.39, 0.29) is 17.7 Å². The Morgan fingerprint density at radius 1 is 1.20 bits per heavy atom. The average molecular weight is 357 g/mol. The lowest BCUT2D eigenvalue weighted by atomic mass is 10.0. The highest BCUT2D eigenvalue weighted by molar-refractivity contribution is 5.80. The number of aromatic nitrogens is 1. The van der Waals surface area contributed by atoms with E-state index in [4.69, 9.17) is 0 Å². The molecule has 1 aliphatic rings. The summed E-state index contributed by atoms with van der Waals surface area (Å²) < 4.78 is 57.5. The Bertz CT molecular complexity index is 799. The highest BCUT2D eigenvalue weighted by atomic mass is 19.3. The van der Waals surface area contributed by atoms with Crippen LogP contribution in [-0.4, -0.2) is 11.6 Å². The first kappa shape index (κ1) is 17.8. The van der Waals surface area contributed by atoms with Crippen LogP contribution in [0.3, 0.4) is 0 Å². The minimum atomic E-state index is -3.22. The summed E-state index contributed by atoms with van der Waals surface area (Å²) in [5.41, 5.74) is -1.32. The summed E-state index contributed by atoms with van der Waals surface area (Å²) in [5.74, 6) is -2.66. The number of benzene rings is 1. The van der Waals surface area contributed by atoms with Crippen molar-refractivity contribution in [2.24, 2.45) is 5.92 Å². The van der Waals surface area contributed by atoms with Crippen LogP contribution in [-0.2, 0) is 5.92 Å². The summed E-state index contributed by atoms with van der Waals surface area (Å²) in [6.45, 7) is -3.00. The van der Waals surface area contributed by atoms with E-state index in [9.17, 15) is 22.4 Å². The van der Waals surface area contributed by atoms with Gasteiger partial charge in [0.05, 0.1) is 11.1 Å². The second kappa shape index (κ2) is 7.06. The topological polar surface area (TPSA) is 42.1 Å². The Kier molecular flexibility index (Phi) is 5.01. The Morgan fingerprint density at radius 2 is 1.96 bits per heavy atom. The van der Waals surface area contributed by atoms with Crippen LogP contribution >= 0.6 is 0 Å². The zero-order chi connectivity index (χ0) is 18.0. The van der Waals surface area contributed by atoms with E-state index in [1.807, 2.05) is 0 Å². The number of H-pyrrole nitrogens is 1. The molecule has 1 aromatic carbocycles. The maximum Gasteiger partial charge on any atom is 0.387 e. The monoisotopic (exact) mass is 357 g/mol. The molecule has 0 amide bonds. The van der Waals surface area contributed by atoms with E-state index >= 15 is 0 Å². The molecule has 25 heavy (non-hydrogen) atoms. The third-order valence-electron chi connectivity index (χ3n) is 4.49. The maximum absolute atomic E-state index is 14.4. The van der Waals surface area contributed by atoms with Crippen molar-refractivity contribution in [3.05, 3.63) is 40.2 Å². The quantitative estimate of drug-likeness (QED) is 0.522. The van der Waals surface area contributed by atoms with Gasteiger partial charge in [0.1, 0.15) is 5.75 Å². The molecule has 7 heteroatoms. The molecule has 0 bridgehead atoms. The number of nitrogens with one attached hydrogen (secondary N) is 1. The lowest BCUT2D eigenvalue weighted by Crippen LogP contribution is -2.25. The number of fused-ring (bicyclic) bond motifs is 1. The molecule has 1 saturated carbocycles. The second-order valence-corrected chi connectivity index (χ2v) is 6.53. The van der Waals surface area contributed by atoms with E-state index in [0.717, 1.165) is 18.9 Å². The number of pyridine rings is 1. The van der Waals surface area contributed by atoms with E-state index in [1.54, 1.807) is 0 Å². The predicted octanol–water partition coefficient (Wildman–Crippen LogP) is 5.19. The van der Waals surface area contributed by atoms with Gasteiger partial charge in [0.25, 0.3) is 11.5 Å². The van der Waals surface area contributed by atoms with Crippen molar-refractivity contribution < 1.29 is 22.3 Å². The first-order valence-corrected chi connectivity index (χ1v) is 8.35. The first-order chi connectivity index (χ1) is 11.8. The van der Waals surface area contributed by atoms with Crippen molar-refractivity contribution in [2.45, 2.75) is 51.1 Å². The summed E-state index contributed by atoms with van der Waals surface area (Å²) >= 11 is 0. The molecule has 0 atom stereocenters. The highest BCUT2D eigenvalue weighted by Crippen LogP contribution is 2.37. The Balaban J connectivity index is 1.77. The largest absolute Gasteiger partial charge is 0.435 e. The number of hydrogen-bond acceptors (Lipinski definition) is 2. The molecule has 3 rings (SSSR count). The molecule has 1 aliphatic carbocycles. The van der Waals surface area contributed by atoms with E-state index in [0.29, 0.717) is 17.7 Å². The lowest BCUT2D eigenvalue weighted by molar-refractivity contribution is -0.0497. The summed E-state index contributed by atoms with van der Waals surface area (Å²) in [6.07, 6.45) is 4.08. The van der Waals surface area contributed by atoms with Crippen LogP contribution in [0.5, 0.6) is 5.75 Å². The van der Waals surface area contributed by atoms with Crippen molar-refractivity contribution in [1.29, 1.82) is 0 Å². The van der Waals surface area contributed by atoms with Crippen LogP contribution in [0.4, 0.5) is 17.6 Å². The van der Waals surface area contributed by atoms with Crippen LogP contribution in [0, 0.1) is 5.92 Å². The number of aromatic amines is 1. The third kappa shape index (κ3) is 4.52. The summed E-state index contributed by atoms with van der Waals surface area (Å²) in [6, 6.07) is 4.95. The fourth-order valence-electron chi connectivity index (χ4n) is 2.95. The number of rotatable bonds is 8. The van der Waals surface area contributed by atoms with Crippen molar-refractivity contribution in [2.75, 3.05) is 0 Å². The fourth-order valence-corrected chi connectivity index (χ4v) is 2.95. The number of unbranched alkanes of at least 4 members (excludes halogenated alkanes) is 1. The molecular weight excluding hydrogens is 338 g/mol.